The maximum atomic E-state index is 12.9. The molecule has 2 amide bonds. The third-order valence-corrected chi connectivity index (χ3v) is 5.11. The van der Waals surface area contributed by atoms with Crippen LogP contribution < -0.4 is 5.32 Å². The first kappa shape index (κ1) is 21.3. The predicted octanol–water partition coefficient (Wildman–Crippen LogP) is 2.18. The van der Waals surface area contributed by atoms with E-state index in [0.29, 0.717) is 22.5 Å². The second kappa shape index (κ2) is 8.52. The fraction of sp³-hybridized carbons (Fsp3) is 0.364. The average Bonchev–Trinajstić information content (AvgIpc) is 2.93. The van der Waals surface area contributed by atoms with Gasteiger partial charge in [-0.25, -0.2) is 9.59 Å². The number of carbonyl (C=O) groups is 4. The smallest absolute Gasteiger partial charge is 0.336 e. The number of benzene rings is 1. The summed E-state index contributed by atoms with van der Waals surface area (Å²) < 4.78 is 10.4. The Morgan fingerprint density at radius 2 is 1.33 bits per heavy atom. The molecule has 0 saturated heterocycles. The molecule has 0 unspecified atom stereocenters. The quantitative estimate of drug-likeness (QED) is 0.564. The van der Waals surface area contributed by atoms with Crippen molar-refractivity contribution in [1.29, 1.82) is 0 Å². The van der Waals surface area contributed by atoms with Crippen LogP contribution in [0, 0.1) is 5.92 Å². The molecular formula is C22H24N2O6. The highest BCUT2D eigenvalue weighted by molar-refractivity contribution is 6.21. The van der Waals surface area contributed by atoms with E-state index >= 15 is 0 Å². The van der Waals surface area contributed by atoms with Crippen LogP contribution in [0.15, 0.2) is 46.8 Å². The SMILES string of the molecule is CCOC(=O)C1=C(C)NC(C)=C(C(=O)OCC)C1CN1C(=O)c2ccccc2C1=O. The van der Waals surface area contributed by atoms with Gasteiger partial charge < -0.3 is 14.8 Å². The number of hydrogen-bond acceptors (Lipinski definition) is 7. The number of fused-ring (bicyclic) bond motifs is 1. The molecule has 158 valence electrons. The highest BCUT2D eigenvalue weighted by atomic mass is 16.5. The Labute approximate surface area is 174 Å². The highest BCUT2D eigenvalue weighted by Crippen LogP contribution is 2.34. The number of ether oxygens (including phenoxy) is 2. The van der Waals surface area contributed by atoms with E-state index in [1.54, 1.807) is 52.0 Å². The number of amides is 2. The molecule has 3 rings (SSSR count). The summed E-state index contributed by atoms with van der Waals surface area (Å²) in [5.74, 6) is -3.02. The van der Waals surface area contributed by atoms with E-state index in [2.05, 4.69) is 5.32 Å². The molecule has 0 atom stereocenters. The zero-order valence-corrected chi connectivity index (χ0v) is 17.4. The monoisotopic (exact) mass is 412 g/mol. The standard InChI is InChI=1S/C22H24N2O6/c1-5-29-21(27)17-12(3)23-13(4)18(22(28)30-6-2)16(17)11-24-19(25)14-9-7-8-10-15(14)20(24)26/h7-10,16,23H,5-6,11H2,1-4H3. The molecule has 1 aromatic rings. The molecule has 0 radical (unpaired) electrons. The van der Waals surface area contributed by atoms with Gasteiger partial charge in [-0.1, -0.05) is 12.1 Å². The van der Waals surface area contributed by atoms with Crippen LogP contribution in [0.1, 0.15) is 48.4 Å². The van der Waals surface area contributed by atoms with Crippen molar-refractivity contribution in [2.24, 2.45) is 5.92 Å². The molecule has 0 spiro atoms. The van der Waals surface area contributed by atoms with Crippen molar-refractivity contribution >= 4 is 23.8 Å². The lowest BCUT2D eigenvalue weighted by Crippen LogP contribution is -2.42. The Balaban J connectivity index is 2.04. The lowest BCUT2D eigenvalue weighted by atomic mass is 9.85. The van der Waals surface area contributed by atoms with Crippen molar-refractivity contribution in [1.82, 2.24) is 10.2 Å². The van der Waals surface area contributed by atoms with Gasteiger partial charge in [-0.05, 0) is 39.8 Å². The molecule has 1 aromatic carbocycles. The molecule has 0 aliphatic carbocycles. The van der Waals surface area contributed by atoms with Crippen LogP contribution in [-0.4, -0.2) is 48.4 Å². The first-order chi connectivity index (χ1) is 14.3. The highest BCUT2D eigenvalue weighted by Gasteiger charge is 2.43. The second-order valence-electron chi connectivity index (χ2n) is 6.96. The van der Waals surface area contributed by atoms with Gasteiger partial charge in [0.2, 0.25) is 0 Å². The lowest BCUT2D eigenvalue weighted by molar-refractivity contribution is -0.140. The second-order valence-corrected chi connectivity index (χ2v) is 6.96. The van der Waals surface area contributed by atoms with Crippen LogP contribution in [0.4, 0.5) is 0 Å². The molecule has 8 nitrogen and oxygen atoms in total. The first-order valence-electron chi connectivity index (χ1n) is 9.79. The van der Waals surface area contributed by atoms with Crippen LogP contribution in [-0.2, 0) is 19.1 Å². The number of rotatable bonds is 6. The summed E-state index contributed by atoms with van der Waals surface area (Å²) in [7, 11) is 0. The van der Waals surface area contributed by atoms with E-state index in [4.69, 9.17) is 9.47 Å². The number of nitrogens with one attached hydrogen (secondary N) is 1. The molecule has 0 aromatic heterocycles. The summed E-state index contributed by atoms with van der Waals surface area (Å²) in [4.78, 5) is 52.3. The maximum Gasteiger partial charge on any atom is 0.336 e. The Morgan fingerprint density at radius 3 is 1.73 bits per heavy atom. The van der Waals surface area contributed by atoms with Gasteiger partial charge in [0, 0.05) is 23.9 Å². The van der Waals surface area contributed by atoms with E-state index in [1.165, 1.54) is 0 Å². The summed E-state index contributed by atoms with van der Waals surface area (Å²) in [5.41, 5.74) is 1.99. The molecule has 30 heavy (non-hydrogen) atoms. The predicted molar refractivity (Wildman–Crippen MR) is 107 cm³/mol. The van der Waals surface area contributed by atoms with Crippen LogP contribution >= 0.6 is 0 Å². The molecule has 2 aliphatic heterocycles. The minimum Gasteiger partial charge on any atom is -0.463 e. The molecule has 1 N–H and O–H groups in total. The Morgan fingerprint density at radius 1 is 0.900 bits per heavy atom. The molecule has 8 heteroatoms. The zero-order valence-electron chi connectivity index (χ0n) is 17.4. The van der Waals surface area contributed by atoms with Crippen LogP contribution in [0.25, 0.3) is 0 Å². The number of dihydropyridines is 1. The van der Waals surface area contributed by atoms with E-state index < -0.39 is 29.7 Å². The summed E-state index contributed by atoms with van der Waals surface area (Å²) >= 11 is 0. The van der Waals surface area contributed by atoms with E-state index in [-0.39, 0.29) is 30.9 Å². The largest absolute Gasteiger partial charge is 0.463 e. The van der Waals surface area contributed by atoms with E-state index in [9.17, 15) is 19.2 Å². The van der Waals surface area contributed by atoms with Crippen LogP contribution in [0.2, 0.25) is 0 Å². The van der Waals surface area contributed by atoms with Crippen molar-refractivity contribution < 1.29 is 28.7 Å². The number of imide groups is 1. The number of esters is 2. The van der Waals surface area contributed by atoms with Gasteiger partial charge in [0.25, 0.3) is 11.8 Å². The molecule has 0 fully saturated rings. The first-order valence-corrected chi connectivity index (χ1v) is 9.79. The van der Waals surface area contributed by atoms with Gasteiger partial charge in [0.1, 0.15) is 0 Å². The van der Waals surface area contributed by atoms with Gasteiger partial charge in [-0.3, -0.25) is 14.5 Å². The normalized spacial score (nSPS) is 16.6. The average molecular weight is 412 g/mol. The molecule has 2 aliphatic rings. The summed E-state index contributed by atoms with van der Waals surface area (Å²) in [5, 5.41) is 3.02. The van der Waals surface area contributed by atoms with E-state index in [0.717, 1.165) is 4.90 Å². The maximum absolute atomic E-state index is 12.9. The van der Waals surface area contributed by atoms with Crippen molar-refractivity contribution in [3.63, 3.8) is 0 Å². The van der Waals surface area contributed by atoms with Crippen molar-refractivity contribution in [3.05, 3.63) is 57.9 Å². The van der Waals surface area contributed by atoms with Crippen molar-refractivity contribution in [2.45, 2.75) is 27.7 Å². The lowest BCUT2D eigenvalue weighted by Gasteiger charge is -2.32. The summed E-state index contributed by atoms with van der Waals surface area (Å²) in [6.07, 6.45) is 0. The fourth-order valence-corrected chi connectivity index (χ4v) is 3.86. The van der Waals surface area contributed by atoms with Gasteiger partial charge in [-0.2, -0.15) is 0 Å². The number of carbonyl (C=O) groups excluding carboxylic acids is 4. The molecular weight excluding hydrogens is 388 g/mol. The molecule has 2 heterocycles. The Hall–Kier alpha value is -3.42. The Bertz CT molecular complexity index is 916. The van der Waals surface area contributed by atoms with Gasteiger partial charge in [0.15, 0.2) is 0 Å². The third-order valence-electron chi connectivity index (χ3n) is 5.11. The topological polar surface area (TPSA) is 102 Å². The Kier molecular flexibility index (Phi) is 6.05. The summed E-state index contributed by atoms with van der Waals surface area (Å²) in [6, 6.07) is 6.53. The van der Waals surface area contributed by atoms with Gasteiger partial charge >= 0.3 is 11.9 Å². The van der Waals surface area contributed by atoms with Crippen LogP contribution in [0.5, 0.6) is 0 Å². The van der Waals surface area contributed by atoms with E-state index in [1.807, 2.05) is 0 Å². The minimum absolute atomic E-state index is 0.146. The molecule has 0 bridgehead atoms. The molecule has 0 saturated carbocycles. The number of nitrogens with zero attached hydrogens (tertiary/aromatic N) is 1. The third kappa shape index (κ3) is 3.60. The zero-order chi connectivity index (χ0) is 22.0. The van der Waals surface area contributed by atoms with Gasteiger partial charge in [-0.15, -0.1) is 0 Å². The summed E-state index contributed by atoms with van der Waals surface area (Å²) in [6.45, 7) is 6.85. The minimum atomic E-state index is -0.869. The number of allylic oxidation sites excluding steroid dienone is 2. The van der Waals surface area contributed by atoms with Gasteiger partial charge in [0.05, 0.1) is 35.5 Å². The fourth-order valence-electron chi connectivity index (χ4n) is 3.86. The van der Waals surface area contributed by atoms with Crippen molar-refractivity contribution in [2.75, 3.05) is 19.8 Å². The van der Waals surface area contributed by atoms with Crippen molar-refractivity contribution in [3.8, 4) is 0 Å². The number of hydrogen-bond donors (Lipinski definition) is 1. The van der Waals surface area contributed by atoms with Crippen LogP contribution in [0.3, 0.4) is 0 Å².